The smallest absolute Gasteiger partial charge is 0.351 e. The minimum absolute atomic E-state index is 0.176. The Morgan fingerprint density at radius 3 is 2.45 bits per heavy atom. The lowest BCUT2D eigenvalue weighted by atomic mass is 10.0. The molecule has 0 aliphatic rings. The monoisotopic (exact) mass is 563 g/mol. The third-order valence-electron chi connectivity index (χ3n) is 4.82. The van der Waals surface area contributed by atoms with Crippen LogP contribution in [0.15, 0.2) is 60.8 Å². The van der Waals surface area contributed by atoms with Crippen LogP contribution in [0.1, 0.15) is 27.6 Å². The summed E-state index contributed by atoms with van der Waals surface area (Å²) in [6, 6.07) is 15.0. The Bertz CT molecular complexity index is 1110. The molecule has 0 spiro atoms. The van der Waals surface area contributed by atoms with Crippen molar-refractivity contribution in [2.24, 2.45) is 0 Å². The van der Waals surface area contributed by atoms with Crippen molar-refractivity contribution in [2.75, 3.05) is 26.0 Å². The predicted molar refractivity (Wildman–Crippen MR) is 131 cm³/mol. The molecule has 7 nitrogen and oxygen atoms in total. The van der Waals surface area contributed by atoms with Crippen molar-refractivity contribution < 1.29 is 23.5 Å². The molecule has 0 bridgehead atoms. The number of esters is 1. The van der Waals surface area contributed by atoms with E-state index in [0.717, 1.165) is 5.56 Å². The number of methoxy groups -OCH3 is 1. The van der Waals surface area contributed by atoms with Gasteiger partial charge in [0.05, 0.1) is 12.7 Å². The van der Waals surface area contributed by atoms with Crippen molar-refractivity contribution in [3.8, 4) is 5.75 Å². The molecule has 33 heavy (non-hydrogen) atoms. The quantitative estimate of drug-likeness (QED) is 0.301. The number of hydrogen-bond acceptors (Lipinski definition) is 6. The Kier molecular flexibility index (Phi) is 8.58. The summed E-state index contributed by atoms with van der Waals surface area (Å²) >= 11 is 1.99. The zero-order valence-electron chi connectivity index (χ0n) is 18.1. The molecule has 0 radical (unpaired) electrons. The lowest BCUT2D eigenvalue weighted by molar-refractivity contribution is -0.149. The van der Waals surface area contributed by atoms with Crippen molar-refractivity contribution >= 4 is 40.3 Å². The zero-order valence-corrected chi connectivity index (χ0v) is 20.3. The second kappa shape index (κ2) is 11.6. The Morgan fingerprint density at radius 2 is 1.82 bits per heavy atom. The molecule has 0 saturated heterocycles. The van der Waals surface area contributed by atoms with Gasteiger partial charge >= 0.3 is 5.97 Å². The number of nitrogens with one attached hydrogen (secondary N) is 2. The highest BCUT2D eigenvalue weighted by Crippen LogP contribution is 2.32. The summed E-state index contributed by atoms with van der Waals surface area (Å²) < 4.78 is 24.7. The molecule has 1 unspecified atom stereocenters. The summed E-state index contributed by atoms with van der Waals surface area (Å²) in [4.78, 5) is 30.3. The highest BCUT2D eigenvalue weighted by molar-refractivity contribution is 14.1. The fourth-order valence-electron chi connectivity index (χ4n) is 3.21. The third kappa shape index (κ3) is 6.19. The van der Waals surface area contributed by atoms with Gasteiger partial charge in [0, 0.05) is 28.9 Å². The molecular formula is C24H23FIN3O4. The number of pyridine rings is 1. The summed E-state index contributed by atoms with van der Waals surface area (Å²) in [5.74, 6) is -1.01. The third-order valence-corrected chi connectivity index (χ3v) is 5.68. The maximum absolute atomic E-state index is 13.3. The molecule has 0 fully saturated rings. The van der Waals surface area contributed by atoms with Gasteiger partial charge in [0.15, 0.2) is 0 Å². The molecule has 2 N–H and O–H groups in total. The first-order valence-electron chi connectivity index (χ1n) is 10.1. The number of amides is 1. The molecule has 1 heterocycles. The van der Waals surface area contributed by atoms with Gasteiger partial charge in [-0.1, -0.05) is 30.3 Å². The highest BCUT2D eigenvalue weighted by atomic mass is 127. The van der Waals surface area contributed by atoms with Gasteiger partial charge in [0.2, 0.25) is 6.10 Å². The van der Waals surface area contributed by atoms with E-state index in [0.29, 0.717) is 27.9 Å². The number of carbonyl (C=O) groups is 2. The molecule has 1 atom stereocenters. The van der Waals surface area contributed by atoms with Crippen LogP contribution >= 0.6 is 22.6 Å². The Morgan fingerprint density at radius 1 is 1.12 bits per heavy atom. The molecule has 3 rings (SSSR count). The second-order valence-corrected chi connectivity index (χ2v) is 8.12. The number of carbonyl (C=O) groups excluding carboxylic acids is 2. The van der Waals surface area contributed by atoms with Crippen LogP contribution in [0.3, 0.4) is 0 Å². The summed E-state index contributed by atoms with van der Waals surface area (Å²) in [6.45, 7) is 0.388. The molecule has 0 saturated carbocycles. The van der Waals surface area contributed by atoms with E-state index in [1.54, 1.807) is 7.05 Å². The molecule has 0 aliphatic carbocycles. The van der Waals surface area contributed by atoms with Gasteiger partial charge in [-0.05, 0) is 58.8 Å². The maximum Gasteiger partial charge on any atom is 0.351 e. The van der Waals surface area contributed by atoms with E-state index in [1.165, 1.54) is 37.6 Å². The summed E-state index contributed by atoms with van der Waals surface area (Å²) in [5, 5.41) is 5.80. The lowest BCUT2D eigenvalue weighted by Crippen LogP contribution is -2.31. The number of halogens is 2. The van der Waals surface area contributed by atoms with Crippen LogP contribution in [0.25, 0.3) is 0 Å². The van der Waals surface area contributed by atoms with E-state index in [4.69, 9.17) is 9.47 Å². The van der Waals surface area contributed by atoms with E-state index < -0.39 is 23.8 Å². The normalized spacial score (nSPS) is 11.4. The van der Waals surface area contributed by atoms with Crippen LogP contribution in [0, 0.1) is 9.39 Å². The molecule has 172 valence electrons. The van der Waals surface area contributed by atoms with Crippen LogP contribution < -0.4 is 15.4 Å². The van der Waals surface area contributed by atoms with Gasteiger partial charge in [-0.25, -0.2) is 14.2 Å². The van der Waals surface area contributed by atoms with Gasteiger partial charge in [-0.2, -0.15) is 0 Å². The fraction of sp³-hybridized carbons (Fsp3) is 0.208. The second-order valence-electron chi connectivity index (χ2n) is 6.96. The summed E-state index contributed by atoms with van der Waals surface area (Å²) in [6.07, 6.45) is 0.907. The van der Waals surface area contributed by atoms with Gasteiger partial charge in [-0.3, -0.25) is 4.79 Å². The Balaban J connectivity index is 1.95. The summed E-state index contributed by atoms with van der Waals surface area (Å²) in [7, 11) is 2.86. The number of rotatable bonds is 9. The lowest BCUT2D eigenvalue weighted by Gasteiger charge is -2.22. The van der Waals surface area contributed by atoms with Gasteiger partial charge < -0.3 is 20.1 Å². The van der Waals surface area contributed by atoms with Gasteiger partial charge in [0.1, 0.15) is 17.4 Å². The molecule has 3 aromatic rings. The largest absolute Gasteiger partial charge is 0.474 e. The summed E-state index contributed by atoms with van der Waals surface area (Å²) in [5.41, 5.74) is 1.57. The molecule has 9 heteroatoms. The van der Waals surface area contributed by atoms with E-state index in [-0.39, 0.29) is 11.3 Å². The van der Waals surface area contributed by atoms with Gasteiger partial charge in [0.25, 0.3) is 5.91 Å². The van der Waals surface area contributed by atoms with Crippen molar-refractivity contribution in [1.82, 2.24) is 10.3 Å². The average molecular weight is 563 g/mol. The number of anilines is 1. The van der Waals surface area contributed by atoms with Crippen LogP contribution in [0.5, 0.6) is 5.75 Å². The molecular weight excluding hydrogens is 540 g/mol. The molecule has 1 aromatic heterocycles. The Hall–Kier alpha value is -3.21. The number of hydrogen-bond donors (Lipinski definition) is 2. The fourth-order valence-corrected chi connectivity index (χ4v) is 3.90. The molecule has 2 aromatic carbocycles. The molecule has 1 amide bonds. The minimum atomic E-state index is -1.27. The van der Waals surface area contributed by atoms with E-state index in [1.807, 2.05) is 52.9 Å². The zero-order chi connectivity index (χ0) is 23.8. The van der Waals surface area contributed by atoms with Crippen molar-refractivity contribution in [3.63, 3.8) is 0 Å². The SMILES string of the molecule is CNc1ncc(I)c(C(Oc2ccc(F)cc2)C(=O)OC)c1C(=O)NCCc1ccccc1. The van der Waals surface area contributed by atoms with E-state index in [9.17, 15) is 14.0 Å². The van der Waals surface area contributed by atoms with E-state index >= 15 is 0 Å². The number of benzene rings is 2. The predicted octanol–water partition coefficient (Wildman–Crippen LogP) is 4.13. The molecule has 0 aliphatic heterocycles. The maximum atomic E-state index is 13.3. The van der Waals surface area contributed by atoms with Crippen LogP contribution in [0.2, 0.25) is 0 Å². The first kappa shape index (κ1) is 24.4. The highest BCUT2D eigenvalue weighted by Gasteiger charge is 2.33. The Labute approximate surface area is 204 Å². The topological polar surface area (TPSA) is 89.6 Å². The van der Waals surface area contributed by atoms with Crippen LogP contribution in [0.4, 0.5) is 10.2 Å². The number of ether oxygens (including phenoxy) is 2. The standard InChI is InChI=1S/C24H23FIN3O4/c1-27-22-20(23(30)28-13-12-15-6-4-3-5-7-15)19(18(26)14-29-22)21(24(31)32-2)33-17-10-8-16(25)9-11-17/h3-11,14,21H,12-13H2,1-2H3,(H,27,29)(H,28,30). The minimum Gasteiger partial charge on any atom is -0.474 e. The number of aromatic nitrogens is 1. The van der Waals surface area contributed by atoms with E-state index in [2.05, 4.69) is 15.6 Å². The van der Waals surface area contributed by atoms with Crippen molar-refractivity contribution in [2.45, 2.75) is 12.5 Å². The van der Waals surface area contributed by atoms with Crippen molar-refractivity contribution in [3.05, 3.63) is 86.9 Å². The van der Waals surface area contributed by atoms with Gasteiger partial charge in [-0.15, -0.1) is 0 Å². The number of nitrogens with zero attached hydrogens (tertiary/aromatic N) is 1. The van der Waals surface area contributed by atoms with Crippen molar-refractivity contribution in [1.29, 1.82) is 0 Å². The van der Waals surface area contributed by atoms with Crippen LogP contribution in [-0.2, 0) is 16.0 Å². The van der Waals surface area contributed by atoms with Crippen LogP contribution in [-0.4, -0.2) is 37.6 Å². The first-order chi connectivity index (χ1) is 15.9. The first-order valence-corrected chi connectivity index (χ1v) is 11.2. The average Bonchev–Trinajstić information content (AvgIpc) is 2.84.